The Kier molecular flexibility index (Phi) is 5.91. The van der Waals surface area contributed by atoms with E-state index in [0.29, 0.717) is 0 Å². The Balaban J connectivity index is 2.05. The normalized spacial score (nSPS) is 27.9. The maximum atomic E-state index is 3.69. The molecule has 1 aliphatic carbocycles. The van der Waals surface area contributed by atoms with Crippen molar-refractivity contribution >= 4 is 27.3 Å². The Labute approximate surface area is 130 Å². The maximum Gasteiger partial charge on any atom is 0.0314 e. The molecule has 3 unspecified atom stereocenters. The van der Waals surface area contributed by atoms with E-state index in [1.165, 1.54) is 41.6 Å². The van der Waals surface area contributed by atoms with Crippen molar-refractivity contribution in [1.82, 2.24) is 5.32 Å². The Bertz CT molecular complexity index is 388. The molecule has 1 aromatic heterocycles. The standard InChI is InChI=1S/C16H26BrNS/c1-11(2)12-4-5-13(10-18-3)14(8-12)9-16-15(17)6-7-19-16/h6-7,11-14,18H,4-5,8-10H2,1-3H3. The molecule has 19 heavy (non-hydrogen) atoms. The van der Waals surface area contributed by atoms with Gasteiger partial charge < -0.3 is 5.32 Å². The maximum absolute atomic E-state index is 3.69. The Morgan fingerprint density at radius 2 is 2.16 bits per heavy atom. The van der Waals surface area contributed by atoms with Crippen molar-refractivity contribution in [1.29, 1.82) is 0 Å². The van der Waals surface area contributed by atoms with Gasteiger partial charge in [0, 0.05) is 9.35 Å². The summed E-state index contributed by atoms with van der Waals surface area (Å²) in [7, 11) is 2.09. The number of hydrogen-bond acceptors (Lipinski definition) is 2. The van der Waals surface area contributed by atoms with Gasteiger partial charge >= 0.3 is 0 Å². The molecular formula is C16H26BrNS. The molecule has 0 radical (unpaired) electrons. The van der Waals surface area contributed by atoms with Crippen molar-refractivity contribution in [3.05, 3.63) is 20.8 Å². The molecule has 0 bridgehead atoms. The van der Waals surface area contributed by atoms with E-state index in [1.54, 1.807) is 0 Å². The van der Waals surface area contributed by atoms with Crippen molar-refractivity contribution in [2.75, 3.05) is 13.6 Å². The first-order valence-corrected chi connectivity index (χ1v) is 9.15. The molecule has 3 atom stereocenters. The van der Waals surface area contributed by atoms with E-state index in [-0.39, 0.29) is 0 Å². The van der Waals surface area contributed by atoms with Crippen molar-refractivity contribution in [3.63, 3.8) is 0 Å². The summed E-state index contributed by atoms with van der Waals surface area (Å²) in [6.07, 6.45) is 5.49. The fourth-order valence-electron chi connectivity index (χ4n) is 3.46. The van der Waals surface area contributed by atoms with Crippen molar-refractivity contribution in [3.8, 4) is 0 Å². The molecule has 0 saturated heterocycles. The smallest absolute Gasteiger partial charge is 0.0314 e. The third kappa shape index (κ3) is 4.05. The first-order valence-electron chi connectivity index (χ1n) is 7.48. The highest BCUT2D eigenvalue weighted by atomic mass is 79.9. The van der Waals surface area contributed by atoms with Crippen LogP contribution in [0.2, 0.25) is 0 Å². The molecule has 0 aromatic carbocycles. The predicted octanol–water partition coefficient (Wildman–Crippen LogP) is 4.96. The Morgan fingerprint density at radius 1 is 1.37 bits per heavy atom. The lowest BCUT2D eigenvalue weighted by molar-refractivity contribution is 0.146. The van der Waals surface area contributed by atoms with E-state index in [9.17, 15) is 0 Å². The lowest BCUT2D eigenvalue weighted by Gasteiger charge is -2.38. The summed E-state index contributed by atoms with van der Waals surface area (Å²) < 4.78 is 1.31. The zero-order valence-electron chi connectivity index (χ0n) is 12.3. The van der Waals surface area contributed by atoms with Crippen LogP contribution < -0.4 is 5.32 Å². The Hall–Kier alpha value is 0.140. The first-order chi connectivity index (χ1) is 9.11. The van der Waals surface area contributed by atoms with E-state index < -0.39 is 0 Å². The van der Waals surface area contributed by atoms with Crippen LogP contribution in [0.4, 0.5) is 0 Å². The zero-order chi connectivity index (χ0) is 13.8. The number of nitrogens with one attached hydrogen (secondary N) is 1. The highest BCUT2D eigenvalue weighted by molar-refractivity contribution is 9.10. The van der Waals surface area contributed by atoms with Gasteiger partial charge in [0.25, 0.3) is 0 Å². The van der Waals surface area contributed by atoms with Crippen molar-refractivity contribution in [2.45, 2.75) is 39.5 Å². The molecule has 0 aliphatic heterocycles. The SMILES string of the molecule is CNCC1CCC(C(C)C)CC1Cc1sccc1Br. The second-order valence-electron chi connectivity index (χ2n) is 6.29. The predicted molar refractivity (Wildman–Crippen MR) is 88.8 cm³/mol. The zero-order valence-corrected chi connectivity index (χ0v) is 14.7. The van der Waals surface area contributed by atoms with Crippen LogP contribution in [0, 0.1) is 23.7 Å². The number of thiophene rings is 1. The topological polar surface area (TPSA) is 12.0 Å². The van der Waals surface area contributed by atoms with Gasteiger partial charge in [0.15, 0.2) is 0 Å². The highest BCUT2D eigenvalue weighted by Gasteiger charge is 2.31. The molecule has 1 N–H and O–H groups in total. The van der Waals surface area contributed by atoms with E-state index in [2.05, 4.69) is 53.6 Å². The molecule has 0 amide bonds. The molecule has 1 nitrogen and oxygen atoms in total. The van der Waals surface area contributed by atoms with E-state index in [1.807, 2.05) is 11.3 Å². The minimum Gasteiger partial charge on any atom is -0.319 e. The van der Waals surface area contributed by atoms with Crippen LogP contribution in [0.25, 0.3) is 0 Å². The van der Waals surface area contributed by atoms with Crippen LogP contribution in [0.1, 0.15) is 38.0 Å². The lowest BCUT2D eigenvalue weighted by Crippen LogP contribution is -2.34. The summed E-state index contributed by atoms with van der Waals surface area (Å²) >= 11 is 5.60. The van der Waals surface area contributed by atoms with Crippen LogP contribution in [0.15, 0.2) is 15.9 Å². The summed E-state index contributed by atoms with van der Waals surface area (Å²) in [5, 5.41) is 5.60. The van der Waals surface area contributed by atoms with E-state index >= 15 is 0 Å². The largest absolute Gasteiger partial charge is 0.319 e. The van der Waals surface area contributed by atoms with Gasteiger partial charge in [-0.2, -0.15) is 0 Å². The molecule has 2 rings (SSSR count). The van der Waals surface area contributed by atoms with Gasteiger partial charge in [0.05, 0.1) is 0 Å². The monoisotopic (exact) mass is 343 g/mol. The first kappa shape index (κ1) is 15.5. The third-order valence-corrected chi connectivity index (χ3v) is 6.68. The van der Waals surface area contributed by atoms with Crippen molar-refractivity contribution in [2.24, 2.45) is 23.7 Å². The van der Waals surface area contributed by atoms with Crippen molar-refractivity contribution < 1.29 is 0 Å². The fraction of sp³-hybridized carbons (Fsp3) is 0.750. The van der Waals surface area contributed by atoms with Gasteiger partial charge in [-0.05, 0) is 90.3 Å². The van der Waals surface area contributed by atoms with Gasteiger partial charge in [-0.15, -0.1) is 11.3 Å². The van der Waals surface area contributed by atoms with Crippen LogP contribution in [0.5, 0.6) is 0 Å². The summed E-state index contributed by atoms with van der Waals surface area (Å²) in [4.78, 5) is 1.54. The summed E-state index contributed by atoms with van der Waals surface area (Å²) in [6.45, 7) is 5.96. The second kappa shape index (κ2) is 7.24. The van der Waals surface area contributed by atoms with Crippen LogP contribution >= 0.6 is 27.3 Å². The Morgan fingerprint density at radius 3 is 2.74 bits per heavy atom. The summed E-state index contributed by atoms with van der Waals surface area (Å²) in [6, 6.07) is 2.19. The van der Waals surface area contributed by atoms with Gasteiger partial charge in [0.2, 0.25) is 0 Å². The molecule has 3 heteroatoms. The molecule has 0 spiro atoms. The average molecular weight is 344 g/mol. The molecule has 1 aromatic rings. The third-order valence-electron chi connectivity index (χ3n) is 4.73. The number of hydrogen-bond donors (Lipinski definition) is 1. The summed E-state index contributed by atoms with van der Waals surface area (Å²) in [5.74, 6) is 3.47. The van der Waals surface area contributed by atoms with Gasteiger partial charge in [0.1, 0.15) is 0 Å². The number of halogens is 1. The number of rotatable bonds is 5. The molecule has 108 valence electrons. The molecule has 1 heterocycles. The molecular weight excluding hydrogens is 318 g/mol. The van der Waals surface area contributed by atoms with Gasteiger partial charge in [-0.25, -0.2) is 0 Å². The van der Waals surface area contributed by atoms with E-state index in [4.69, 9.17) is 0 Å². The molecule has 1 saturated carbocycles. The van der Waals surface area contributed by atoms with Crippen LogP contribution in [0.3, 0.4) is 0 Å². The van der Waals surface area contributed by atoms with E-state index in [0.717, 1.165) is 23.7 Å². The van der Waals surface area contributed by atoms with Gasteiger partial charge in [-0.3, -0.25) is 0 Å². The van der Waals surface area contributed by atoms with Crippen LogP contribution in [-0.2, 0) is 6.42 Å². The van der Waals surface area contributed by atoms with Crippen LogP contribution in [-0.4, -0.2) is 13.6 Å². The average Bonchev–Trinajstić information content (AvgIpc) is 2.77. The van der Waals surface area contributed by atoms with Gasteiger partial charge in [-0.1, -0.05) is 13.8 Å². The second-order valence-corrected chi connectivity index (χ2v) is 8.15. The quantitative estimate of drug-likeness (QED) is 0.796. The minimum absolute atomic E-state index is 0.838. The fourth-order valence-corrected chi connectivity index (χ4v) is 5.07. The molecule has 1 fully saturated rings. The molecule has 1 aliphatic rings. The highest BCUT2D eigenvalue weighted by Crippen LogP contribution is 2.40. The summed E-state index contributed by atoms with van der Waals surface area (Å²) in [5.41, 5.74) is 0. The minimum atomic E-state index is 0.838. The lowest BCUT2D eigenvalue weighted by atomic mass is 9.69.